The molecule has 0 aliphatic heterocycles. The summed E-state index contributed by atoms with van der Waals surface area (Å²) in [5, 5.41) is 11.7. The summed E-state index contributed by atoms with van der Waals surface area (Å²) >= 11 is 7.01. The van der Waals surface area contributed by atoms with E-state index in [1.807, 2.05) is 23.6 Å². The van der Waals surface area contributed by atoms with E-state index in [9.17, 15) is 18.0 Å². The minimum Gasteiger partial charge on any atom is -0.325 e. The van der Waals surface area contributed by atoms with Crippen LogP contribution >= 0.6 is 23.4 Å². The second-order valence-electron chi connectivity index (χ2n) is 5.94. The number of alkyl halides is 3. The maximum atomic E-state index is 13.1. The van der Waals surface area contributed by atoms with Crippen LogP contribution in [0.2, 0.25) is 5.02 Å². The first-order valence-corrected chi connectivity index (χ1v) is 9.94. The third-order valence-corrected chi connectivity index (χ3v) is 5.19. The van der Waals surface area contributed by atoms with Crippen LogP contribution in [-0.2, 0) is 17.5 Å². The number of nitrogens with one attached hydrogen (secondary N) is 1. The van der Waals surface area contributed by atoms with Crippen molar-refractivity contribution in [2.24, 2.45) is 0 Å². The second kappa shape index (κ2) is 8.87. The molecule has 0 fully saturated rings. The molecule has 3 rings (SSSR count). The van der Waals surface area contributed by atoms with Gasteiger partial charge in [-0.2, -0.15) is 13.2 Å². The highest BCUT2D eigenvalue weighted by Crippen LogP contribution is 2.34. The maximum absolute atomic E-state index is 13.1. The van der Waals surface area contributed by atoms with Crippen molar-refractivity contribution in [1.82, 2.24) is 14.8 Å². The number of carbonyl (C=O) groups is 1. The normalized spacial score (nSPS) is 11.5. The first-order valence-electron chi connectivity index (χ1n) is 8.57. The molecule has 0 unspecified atom stereocenters. The highest BCUT2D eigenvalue weighted by Gasteiger charge is 2.33. The van der Waals surface area contributed by atoms with Crippen LogP contribution in [0.25, 0.3) is 11.4 Å². The summed E-state index contributed by atoms with van der Waals surface area (Å²) in [5.41, 5.74) is -0.344. The van der Waals surface area contributed by atoms with Gasteiger partial charge in [0.15, 0.2) is 11.0 Å². The Morgan fingerprint density at radius 3 is 2.48 bits per heavy atom. The third kappa shape index (κ3) is 5.10. The molecule has 1 amide bonds. The Morgan fingerprint density at radius 1 is 1.14 bits per heavy atom. The van der Waals surface area contributed by atoms with Crippen LogP contribution in [0.1, 0.15) is 12.5 Å². The molecule has 2 aromatic carbocycles. The Labute approximate surface area is 174 Å². The lowest BCUT2D eigenvalue weighted by Crippen LogP contribution is -2.18. The maximum Gasteiger partial charge on any atom is 0.418 e. The molecule has 0 saturated heterocycles. The molecule has 1 heterocycles. The lowest BCUT2D eigenvalue weighted by molar-refractivity contribution is -0.137. The molecular formula is C19H16ClF3N4OS. The van der Waals surface area contributed by atoms with Crippen molar-refractivity contribution in [3.8, 4) is 11.4 Å². The van der Waals surface area contributed by atoms with Crippen LogP contribution in [0.4, 0.5) is 18.9 Å². The zero-order chi connectivity index (χ0) is 21.0. The minimum absolute atomic E-state index is 0.106. The monoisotopic (exact) mass is 440 g/mol. The summed E-state index contributed by atoms with van der Waals surface area (Å²) in [7, 11) is 0. The van der Waals surface area contributed by atoms with Crippen molar-refractivity contribution in [3.63, 3.8) is 0 Å². The molecule has 29 heavy (non-hydrogen) atoms. The smallest absolute Gasteiger partial charge is 0.325 e. The van der Waals surface area contributed by atoms with Crippen LogP contribution in [0.5, 0.6) is 0 Å². The van der Waals surface area contributed by atoms with E-state index in [1.165, 1.54) is 18.2 Å². The minimum atomic E-state index is -4.55. The van der Waals surface area contributed by atoms with Crippen LogP contribution in [0.3, 0.4) is 0 Å². The fraction of sp³-hybridized carbons (Fsp3) is 0.211. The zero-order valence-electron chi connectivity index (χ0n) is 15.2. The average molecular weight is 441 g/mol. The van der Waals surface area contributed by atoms with E-state index in [2.05, 4.69) is 15.5 Å². The van der Waals surface area contributed by atoms with Gasteiger partial charge in [-0.05, 0) is 43.3 Å². The molecule has 0 atom stereocenters. The molecule has 0 aliphatic carbocycles. The molecule has 0 saturated carbocycles. The van der Waals surface area contributed by atoms with Gasteiger partial charge in [-0.15, -0.1) is 10.2 Å². The number of anilines is 1. The number of hydrogen-bond donors (Lipinski definition) is 1. The predicted octanol–water partition coefficient (Wildman–Crippen LogP) is 5.37. The van der Waals surface area contributed by atoms with E-state index in [0.29, 0.717) is 22.5 Å². The van der Waals surface area contributed by atoms with E-state index in [1.54, 1.807) is 12.1 Å². The van der Waals surface area contributed by atoms with E-state index in [0.717, 1.165) is 23.4 Å². The second-order valence-corrected chi connectivity index (χ2v) is 7.32. The number of benzene rings is 2. The SMILES string of the molecule is CCn1c(SCC(=O)Nc2ccccc2C(F)(F)F)nnc1-c1ccc(Cl)cc1. The summed E-state index contributed by atoms with van der Waals surface area (Å²) in [5.74, 6) is -0.0508. The Morgan fingerprint density at radius 2 is 1.83 bits per heavy atom. The molecule has 0 radical (unpaired) electrons. The topological polar surface area (TPSA) is 59.8 Å². The largest absolute Gasteiger partial charge is 0.418 e. The lowest BCUT2D eigenvalue weighted by Gasteiger charge is -2.13. The fourth-order valence-electron chi connectivity index (χ4n) is 2.65. The Hall–Kier alpha value is -2.52. The number of carbonyl (C=O) groups excluding carboxylic acids is 1. The van der Waals surface area contributed by atoms with Gasteiger partial charge >= 0.3 is 6.18 Å². The molecular weight excluding hydrogens is 425 g/mol. The Kier molecular flexibility index (Phi) is 6.49. The van der Waals surface area contributed by atoms with Gasteiger partial charge in [0, 0.05) is 17.1 Å². The fourth-order valence-corrected chi connectivity index (χ4v) is 3.58. The van der Waals surface area contributed by atoms with Crippen LogP contribution < -0.4 is 5.32 Å². The number of thioether (sulfide) groups is 1. The molecule has 3 aromatic rings. The highest BCUT2D eigenvalue weighted by atomic mass is 35.5. The molecule has 0 spiro atoms. The van der Waals surface area contributed by atoms with Gasteiger partial charge in [-0.1, -0.05) is 35.5 Å². The van der Waals surface area contributed by atoms with E-state index in [-0.39, 0.29) is 11.4 Å². The summed E-state index contributed by atoms with van der Waals surface area (Å²) in [6.45, 7) is 2.47. The van der Waals surface area contributed by atoms with Crippen molar-refractivity contribution in [1.29, 1.82) is 0 Å². The summed E-state index contributed by atoms with van der Waals surface area (Å²) in [6.07, 6.45) is -4.55. The Bertz CT molecular complexity index is 1010. The van der Waals surface area contributed by atoms with Gasteiger partial charge in [-0.3, -0.25) is 4.79 Å². The van der Waals surface area contributed by atoms with Crippen molar-refractivity contribution in [3.05, 3.63) is 59.1 Å². The third-order valence-electron chi connectivity index (χ3n) is 3.97. The molecule has 5 nitrogen and oxygen atoms in total. The van der Waals surface area contributed by atoms with Gasteiger partial charge < -0.3 is 9.88 Å². The first kappa shape index (κ1) is 21.2. The number of para-hydroxylation sites is 1. The van der Waals surface area contributed by atoms with E-state index in [4.69, 9.17) is 11.6 Å². The molecule has 1 aromatic heterocycles. The lowest BCUT2D eigenvalue weighted by atomic mass is 10.1. The molecule has 152 valence electrons. The predicted molar refractivity (Wildman–Crippen MR) is 107 cm³/mol. The molecule has 0 bridgehead atoms. The van der Waals surface area contributed by atoms with Gasteiger partial charge in [0.05, 0.1) is 17.0 Å². The standard InChI is InChI=1S/C19H16ClF3N4OS/c1-2-27-17(12-7-9-13(20)10-8-12)25-26-18(27)29-11-16(28)24-15-6-4-3-5-14(15)19(21,22)23/h3-10H,2,11H2,1H3,(H,24,28). The molecule has 10 heteroatoms. The van der Waals surface area contributed by atoms with Crippen molar-refractivity contribution >= 4 is 35.0 Å². The number of halogens is 4. The summed E-state index contributed by atoms with van der Waals surface area (Å²) in [4.78, 5) is 12.2. The van der Waals surface area contributed by atoms with Gasteiger partial charge in [0.1, 0.15) is 0 Å². The number of hydrogen-bond acceptors (Lipinski definition) is 4. The van der Waals surface area contributed by atoms with Gasteiger partial charge in [-0.25, -0.2) is 0 Å². The van der Waals surface area contributed by atoms with Crippen molar-refractivity contribution < 1.29 is 18.0 Å². The zero-order valence-corrected chi connectivity index (χ0v) is 16.8. The number of nitrogens with zero attached hydrogens (tertiary/aromatic N) is 3. The Balaban J connectivity index is 1.71. The van der Waals surface area contributed by atoms with Crippen molar-refractivity contribution in [2.45, 2.75) is 24.8 Å². The van der Waals surface area contributed by atoms with Crippen LogP contribution in [-0.4, -0.2) is 26.4 Å². The van der Waals surface area contributed by atoms with E-state index < -0.39 is 17.6 Å². The molecule has 0 aliphatic rings. The summed E-state index contributed by atoms with van der Waals surface area (Å²) in [6, 6.07) is 12.0. The highest BCUT2D eigenvalue weighted by molar-refractivity contribution is 7.99. The number of rotatable bonds is 6. The number of aromatic nitrogens is 3. The number of amides is 1. The van der Waals surface area contributed by atoms with Gasteiger partial charge in [0.2, 0.25) is 5.91 Å². The van der Waals surface area contributed by atoms with Gasteiger partial charge in [0.25, 0.3) is 0 Å². The first-order chi connectivity index (χ1) is 13.8. The van der Waals surface area contributed by atoms with E-state index >= 15 is 0 Å². The van der Waals surface area contributed by atoms with Crippen molar-refractivity contribution in [2.75, 3.05) is 11.1 Å². The molecule has 1 N–H and O–H groups in total. The summed E-state index contributed by atoms with van der Waals surface area (Å²) < 4.78 is 41.0. The quantitative estimate of drug-likeness (QED) is 0.523. The van der Waals surface area contributed by atoms with Crippen LogP contribution in [0.15, 0.2) is 53.7 Å². The van der Waals surface area contributed by atoms with Crippen LogP contribution in [0, 0.1) is 0 Å². The average Bonchev–Trinajstić information content (AvgIpc) is 3.09.